The van der Waals surface area contributed by atoms with E-state index in [-0.39, 0.29) is 12.0 Å². The van der Waals surface area contributed by atoms with Crippen LogP contribution in [0.5, 0.6) is 0 Å². The van der Waals surface area contributed by atoms with Crippen molar-refractivity contribution >= 4 is 5.97 Å². The van der Waals surface area contributed by atoms with Crippen LogP contribution < -0.4 is 5.32 Å². The van der Waals surface area contributed by atoms with Crippen LogP contribution in [0.3, 0.4) is 0 Å². The quantitative estimate of drug-likeness (QED) is 0.657. The Morgan fingerprint density at radius 3 is 2.77 bits per heavy atom. The van der Waals surface area contributed by atoms with E-state index in [0.717, 1.165) is 12.5 Å². The fourth-order valence-electron chi connectivity index (χ4n) is 1.39. The average molecular weight is 185 g/mol. The van der Waals surface area contributed by atoms with Gasteiger partial charge in [-0.2, -0.15) is 0 Å². The molecule has 1 saturated carbocycles. The van der Waals surface area contributed by atoms with Crippen molar-refractivity contribution in [3.63, 3.8) is 0 Å². The van der Waals surface area contributed by atoms with Crippen LogP contribution in [0.4, 0.5) is 0 Å². The minimum Gasteiger partial charge on any atom is -0.465 e. The number of carbonyl (C=O) groups excluding carboxylic acids is 1. The SMILES string of the molecule is CCOC(=O)C(C)NCC1CCC1. The topological polar surface area (TPSA) is 38.3 Å². The lowest BCUT2D eigenvalue weighted by Crippen LogP contribution is -2.39. The number of carbonyl (C=O) groups is 1. The predicted molar refractivity (Wildman–Crippen MR) is 51.4 cm³/mol. The lowest BCUT2D eigenvalue weighted by molar-refractivity contribution is -0.145. The maximum Gasteiger partial charge on any atom is 0.322 e. The largest absolute Gasteiger partial charge is 0.465 e. The number of hydrogen-bond acceptors (Lipinski definition) is 3. The van der Waals surface area contributed by atoms with Crippen molar-refractivity contribution in [3.05, 3.63) is 0 Å². The molecule has 1 aliphatic carbocycles. The van der Waals surface area contributed by atoms with Gasteiger partial charge in [0.15, 0.2) is 0 Å². The minimum absolute atomic E-state index is 0.137. The van der Waals surface area contributed by atoms with E-state index in [9.17, 15) is 4.79 Å². The molecule has 0 aliphatic heterocycles. The molecule has 1 fully saturated rings. The molecule has 0 spiro atoms. The van der Waals surface area contributed by atoms with Crippen molar-refractivity contribution < 1.29 is 9.53 Å². The Labute approximate surface area is 79.8 Å². The van der Waals surface area contributed by atoms with E-state index in [0.29, 0.717) is 6.61 Å². The number of esters is 1. The first-order valence-corrected chi connectivity index (χ1v) is 5.14. The zero-order valence-corrected chi connectivity index (χ0v) is 8.51. The van der Waals surface area contributed by atoms with Crippen LogP contribution >= 0.6 is 0 Å². The molecule has 1 aliphatic rings. The second-order valence-corrected chi connectivity index (χ2v) is 3.68. The van der Waals surface area contributed by atoms with Crippen LogP contribution in [0.2, 0.25) is 0 Å². The van der Waals surface area contributed by atoms with Gasteiger partial charge in [0, 0.05) is 0 Å². The average Bonchev–Trinajstić information content (AvgIpc) is 2.01. The van der Waals surface area contributed by atoms with Gasteiger partial charge in [0.05, 0.1) is 6.61 Å². The summed E-state index contributed by atoms with van der Waals surface area (Å²) in [5, 5.41) is 3.19. The summed E-state index contributed by atoms with van der Waals surface area (Å²) < 4.78 is 4.89. The van der Waals surface area contributed by atoms with E-state index in [1.165, 1.54) is 19.3 Å². The lowest BCUT2D eigenvalue weighted by atomic mass is 9.85. The van der Waals surface area contributed by atoms with Gasteiger partial charge in [-0.15, -0.1) is 0 Å². The van der Waals surface area contributed by atoms with Crippen molar-refractivity contribution in [2.75, 3.05) is 13.2 Å². The molecule has 0 aromatic carbocycles. The number of rotatable bonds is 5. The zero-order chi connectivity index (χ0) is 9.68. The first-order valence-electron chi connectivity index (χ1n) is 5.14. The molecule has 76 valence electrons. The molecule has 0 heterocycles. The second kappa shape index (κ2) is 5.22. The summed E-state index contributed by atoms with van der Waals surface area (Å²) in [4.78, 5) is 11.2. The number of nitrogens with one attached hydrogen (secondary N) is 1. The summed E-state index contributed by atoms with van der Waals surface area (Å²) in [6.07, 6.45) is 3.96. The molecule has 1 atom stereocenters. The van der Waals surface area contributed by atoms with Gasteiger partial charge in [0.2, 0.25) is 0 Å². The van der Waals surface area contributed by atoms with Gasteiger partial charge < -0.3 is 10.1 Å². The Morgan fingerprint density at radius 2 is 2.31 bits per heavy atom. The maximum atomic E-state index is 11.2. The van der Waals surface area contributed by atoms with Gasteiger partial charge in [0.1, 0.15) is 6.04 Å². The van der Waals surface area contributed by atoms with E-state index >= 15 is 0 Å². The summed E-state index contributed by atoms with van der Waals surface area (Å²) in [6, 6.07) is -0.152. The van der Waals surface area contributed by atoms with Crippen molar-refractivity contribution in [2.45, 2.75) is 39.2 Å². The second-order valence-electron chi connectivity index (χ2n) is 3.68. The van der Waals surface area contributed by atoms with Crippen LogP contribution in [0.25, 0.3) is 0 Å². The van der Waals surface area contributed by atoms with Crippen molar-refractivity contribution in [1.82, 2.24) is 5.32 Å². The molecule has 0 aromatic rings. The van der Waals surface area contributed by atoms with Gasteiger partial charge >= 0.3 is 5.97 Å². The highest BCUT2D eigenvalue weighted by atomic mass is 16.5. The molecule has 3 heteroatoms. The van der Waals surface area contributed by atoms with Crippen LogP contribution in [-0.4, -0.2) is 25.2 Å². The predicted octanol–water partition coefficient (Wildman–Crippen LogP) is 1.33. The fourth-order valence-corrected chi connectivity index (χ4v) is 1.39. The summed E-state index contributed by atoms with van der Waals surface area (Å²) >= 11 is 0. The third-order valence-corrected chi connectivity index (χ3v) is 2.58. The summed E-state index contributed by atoms with van der Waals surface area (Å²) in [5.41, 5.74) is 0. The Balaban J connectivity index is 2.08. The molecule has 1 rings (SSSR count). The Bertz CT molecular complexity index is 166. The fraction of sp³-hybridized carbons (Fsp3) is 0.900. The molecule has 0 aromatic heterocycles. The lowest BCUT2D eigenvalue weighted by Gasteiger charge is -2.26. The third kappa shape index (κ3) is 3.35. The summed E-state index contributed by atoms with van der Waals surface area (Å²) in [7, 11) is 0. The Morgan fingerprint density at radius 1 is 1.62 bits per heavy atom. The standard InChI is InChI=1S/C10H19NO2/c1-3-13-10(12)8(2)11-7-9-5-4-6-9/h8-9,11H,3-7H2,1-2H3. The molecular formula is C10H19NO2. The molecule has 0 radical (unpaired) electrons. The van der Waals surface area contributed by atoms with Gasteiger partial charge in [-0.3, -0.25) is 4.79 Å². The Kier molecular flexibility index (Phi) is 4.22. The van der Waals surface area contributed by atoms with Crippen LogP contribution in [0, 0.1) is 5.92 Å². The van der Waals surface area contributed by atoms with Crippen LogP contribution in [0.1, 0.15) is 33.1 Å². The highest BCUT2D eigenvalue weighted by molar-refractivity contribution is 5.75. The molecular weight excluding hydrogens is 166 g/mol. The van der Waals surface area contributed by atoms with Gasteiger partial charge in [-0.1, -0.05) is 6.42 Å². The highest BCUT2D eigenvalue weighted by Gasteiger charge is 2.20. The first-order chi connectivity index (χ1) is 6.24. The summed E-state index contributed by atoms with van der Waals surface area (Å²) in [5.74, 6) is 0.652. The van der Waals surface area contributed by atoms with Gasteiger partial charge in [0.25, 0.3) is 0 Å². The highest BCUT2D eigenvalue weighted by Crippen LogP contribution is 2.25. The zero-order valence-electron chi connectivity index (χ0n) is 8.51. The molecule has 0 amide bonds. The molecule has 0 saturated heterocycles. The van der Waals surface area contributed by atoms with Crippen LogP contribution in [0.15, 0.2) is 0 Å². The van der Waals surface area contributed by atoms with E-state index in [1.807, 2.05) is 13.8 Å². The van der Waals surface area contributed by atoms with E-state index in [2.05, 4.69) is 5.32 Å². The maximum absolute atomic E-state index is 11.2. The van der Waals surface area contributed by atoms with Crippen molar-refractivity contribution in [2.24, 2.45) is 5.92 Å². The van der Waals surface area contributed by atoms with Crippen molar-refractivity contribution in [1.29, 1.82) is 0 Å². The first kappa shape index (κ1) is 10.5. The molecule has 3 nitrogen and oxygen atoms in total. The number of ether oxygens (including phenoxy) is 1. The molecule has 0 bridgehead atoms. The molecule has 1 unspecified atom stereocenters. The third-order valence-electron chi connectivity index (χ3n) is 2.58. The molecule has 13 heavy (non-hydrogen) atoms. The number of hydrogen-bond donors (Lipinski definition) is 1. The Hall–Kier alpha value is -0.570. The van der Waals surface area contributed by atoms with E-state index < -0.39 is 0 Å². The van der Waals surface area contributed by atoms with Crippen LogP contribution in [-0.2, 0) is 9.53 Å². The van der Waals surface area contributed by atoms with Crippen molar-refractivity contribution in [3.8, 4) is 0 Å². The van der Waals surface area contributed by atoms with E-state index in [4.69, 9.17) is 4.74 Å². The monoisotopic (exact) mass is 185 g/mol. The minimum atomic E-state index is -0.152. The van der Waals surface area contributed by atoms with Gasteiger partial charge in [-0.05, 0) is 39.2 Å². The van der Waals surface area contributed by atoms with E-state index in [1.54, 1.807) is 0 Å². The van der Waals surface area contributed by atoms with Gasteiger partial charge in [-0.25, -0.2) is 0 Å². The molecule has 1 N–H and O–H groups in total. The normalized spacial score (nSPS) is 19.2. The smallest absolute Gasteiger partial charge is 0.322 e. The summed E-state index contributed by atoms with van der Waals surface area (Å²) in [6.45, 7) is 5.11.